The Hall–Kier alpha value is -0.760. The van der Waals surface area contributed by atoms with E-state index < -0.39 is 0 Å². The van der Waals surface area contributed by atoms with E-state index in [0.717, 1.165) is 18.7 Å². The van der Waals surface area contributed by atoms with Crippen LogP contribution in [0.4, 0.5) is 0 Å². The molecule has 1 aliphatic rings. The van der Waals surface area contributed by atoms with Crippen LogP contribution in [-0.2, 0) is 13.0 Å². The number of furan rings is 1. The fourth-order valence-electron chi connectivity index (χ4n) is 1.37. The summed E-state index contributed by atoms with van der Waals surface area (Å²) in [5.41, 5.74) is 1.37. The lowest BCUT2D eigenvalue weighted by molar-refractivity contribution is 0.423. The van der Waals surface area contributed by atoms with Crippen molar-refractivity contribution >= 4 is 0 Å². The summed E-state index contributed by atoms with van der Waals surface area (Å²) in [5, 5.41) is 3.33. The molecule has 2 rings (SSSR count). The van der Waals surface area contributed by atoms with E-state index in [-0.39, 0.29) is 0 Å². The van der Waals surface area contributed by atoms with Crippen molar-refractivity contribution < 1.29 is 4.42 Å². The van der Waals surface area contributed by atoms with Gasteiger partial charge in [-0.1, -0.05) is 0 Å². The highest BCUT2D eigenvalue weighted by Crippen LogP contribution is 2.16. The Morgan fingerprint density at radius 3 is 3.50 bits per heavy atom. The van der Waals surface area contributed by atoms with E-state index in [1.165, 1.54) is 5.56 Å². The molecule has 1 aromatic heterocycles. The maximum atomic E-state index is 5.24. The third-order valence-corrected chi connectivity index (χ3v) is 1.97. The SMILES string of the molecule is CC1Cc2ccoc2CN1. The van der Waals surface area contributed by atoms with Crippen LogP contribution in [0.3, 0.4) is 0 Å². The van der Waals surface area contributed by atoms with E-state index in [0.29, 0.717) is 6.04 Å². The van der Waals surface area contributed by atoms with Gasteiger partial charge in [0.15, 0.2) is 0 Å². The maximum Gasteiger partial charge on any atom is 0.120 e. The number of fused-ring (bicyclic) bond motifs is 1. The van der Waals surface area contributed by atoms with E-state index in [2.05, 4.69) is 18.3 Å². The zero-order valence-electron chi connectivity index (χ0n) is 6.05. The van der Waals surface area contributed by atoms with Crippen LogP contribution in [0.5, 0.6) is 0 Å². The van der Waals surface area contributed by atoms with Gasteiger partial charge in [-0.25, -0.2) is 0 Å². The van der Waals surface area contributed by atoms with Gasteiger partial charge >= 0.3 is 0 Å². The lowest BCUT2D eigenvalue weighted by atomic mass is 10.0. The molecule has 10 heavy (non-hydrogen) atoms. The van der Waals surface area contributed by atoms with Gasteiger partial charge in [0, 0.05) is 6.04 Å². The van der Waals surface area contributed by atoms with Crippen LogP contribution in [0.1, 0.15) is 18.2 Å². The van der Waals surface area contributed by atoms with Crippen LogP contribution in [0.25, 0.3) is 0 Å². The Balaban J connectivity index is 2.30. The highest BCUT2D eigenvalue weighted by molar-refractivity contribution is 5.20. The zero-order valence-corrected chi connectivity index (χ0v) is 6.05. The summed E-state index contributed by atoms with van der Waals surface area (Å²) in [7, 11) is 0. The van der Waals surface area contributed by atoms with Crippen LogP contribution in [-0.4, -0.2) is 6.04 Å². The first-order chi connectivity index (χ1) is 4.86. The molecule has 0 amide bonds. The second-order valence-corrected chi connectivity index (χ2v) is 2.86. The van der Waals surface area contributed by atoms with Crippen molar-refractivity contribution in [2.45, 2.75) is 25.9 Å². The third kappa shape index (κ3) is 0.847. The largest absolute Gasteiger partial charge is 0.468 e. The fourth-order valence-corrected chi connectivity index (χ4v) is 1.37. The molecule has 0 bridgehead atoms. The molecular formula is C8H11NO. The van der Waals surface area contributed by atoms with Crippen LogP contribution in [0.2, 0.25) is 0 Å². The monoisotopic (exact) mass is 137 g/mol. The number of rotatable bonds is 0. The molecule has 0 aliphatic carbocycles. The Labute approximate surface area is 60.2 Å². The number of nitrogens with one attached hydrogen (secondary N) is 1. The Bertz CT molecular complexity index is 229. The molecule has 2 nitrogen and oxygen atoms in total. The van der Waals surface area contributed by atoms with Gasteiger partial charge in [-0.15, -0.1) is 0 Å². The first kappa shape index (κ1) is 5.98. The van der Waals surface area contributed by atoms with E-state index in [1.807, 2.05) is 0 Å². The van der Waals surface area contributed by atoms with E-state index >= 15 is 0 Å². The fraction of sp³-hybridized carbons (Fsp3) is 0.500. The minimum atomic E-state index is 0.602. The molecule has 1 unspecified atom stereocenters. The predicted molar refractivity (Wildman–Crippen MR) is 38.7 cm³/mol. The predicted octanol–water partition coefficient (Wildman–Crippen LogP) is 1.31. The topological polar surface area (TPSA) is 25.2 Å². The minimum absolute atomic E-state index is 0.602. The molecular weight excluding hydrogens is 126 g/mol. The summed E-state index contributed by atoms with van der Waals surface area (Å²) in [6.07, 6.45) is 2.87. The van der Waals surface area contributed by atoms with Crippen molar-refractivity contribution in [1.29, 1.82) is 0 Å². The summed E-state index contributed by atoms with van der Waals surface area (Å²) in [5.74, 6) is 1.11. The Kier molecular flexibility index (Phi) is 1.27. The lowest BCUT2D eigenvalue weighted by Gasteiger charge is -2.18. The number of hydrogen-bond acceptors (Lipinski definition) is 2. The highest BCUT2D eigenvalue weighted by Gasteiger charge is 2.15. The zero-order chi connectivity index (χ0) is 6.97. The van der Waals surface area contributed by atoms with Gasteiger partial charge in [-0.05, 0) is 25.0 Å². The van der Waals surface area contributed by atoms with E-state index in [9.17, 15) is 0 Å². The van der Waals surface area contributed by atoms with Gasteiger partial charge in [0.05, 0.1) is 12.8 Å². The van der Waals surface area contributed by atoms with Gasteiger partial charge in [-0.2, -0.15) is 0 Å². The average molecular weight is 137 g/mol. The summed E-state index contributed by atoms with van der Waals surface area (Å²) >= 11 is 0. The lowest BCUT2D eigenvalue weighted by Crippen LogP contribution is -2.31. The molecule has 1 N–H and O–H groups in total. The van der Waals surface area contributed by atoms with Crippen molar-refractivity contribution in [3.63, 3.8) is 0 Å². The van der Waals surface area contributed by atoms with Crippen molar-refractivity contribution in [1.82, 2.24) is 5.32 Å². The molecule has 2 heteroatoms. The average Bonchev–Trinajstić information content (AvgIpc) is 2.33. The standard InChI is InChI=1S/C8H11NO/c1-6-4-7-2-3-10-8(7)5-9-6/h2-3,6,9H,4-5H2,1H3. The van der Waals surface area contributed by atoms with Gasteiger partial charge in [0.25, 0.3) is 0 Å². The van der Waals surface area contributed by atoms with Gasteiger partial charge in [-0.3, -0.25) is 0 Å². The number of hydrogen-bond donors (Lipinski definition) is 1. The molecule has 2 heterocycles. The van der Waals surface area contributed by atoms with Crippen molar-refractivity contribution in [2.75, 3.05) is 0 Å². The van der Waals surface area contributed by atoms with Crippen LogP contribution in [0.15, 0.2) is 16.7 Å². The van der Waals surface area contributed by atoms with Crippen molar-refractivity contribution in [2.24, 2.45) is 0 Å². The second kappa shape index (κ2) is 2.13. The van der Waals surface area contributed by atoms with E-state index in [1.54, 1.807) is 6.26 Å². The molecule has 0 saturated carbocycles. The molecule has 54 valence electrons. The van der Waals surface area contributed by atoms with Crippen LogP contribution in [0, 0.1) is 0 Å². The van der Waals surface area contributed by atoms with Gasteiger partial charge in [0.1, 0.15) is 5.76 Å². The molecule has 0 spiro atoms. The smallest absolute Gasteiger partial charge is 0.120 e. The molecule has 0 fully saturated rings. The first-order valence-electron chi connectivity index (χ1n) is 3.65. The molecule has 0 radical (unpaired) electrons. The van der Waals surface area contributed by atoms with Crippen molar-refractivity contribution in [3.05, 3.63) is 23.7 Å². The first-order valence-corrected chi connectivity index (χ1v) is 3.65. The molecule has 1 aromatic rings. The summed E-state index contributed by atoms with van der Waals surface area (Å²) in [6, 6.07) is 2.66. The molecule has 0 aromatic carbocycles. The normalized spacial score (nSPS) is 24.3. The minimum Gasteiger partial charge on any atom is -0.468 e. The molecule has 0 saturated heterocycles. The second-order valence-electron chi connectivity index (χ2n) is 2.86. The Morgan fingerprint density at radius 1 is 1.70 bits per heavy atom. The van der Waals surface area contributed by atoms with Crippen LogP contribution < -0.4 is 5.32 Å². The maximum absolute atomic E-state index is 5.24. The van der Waals surface area contributed by atoms with Gasteiger partial charge in [0.2, 0.25) is 0 Å². The quantitative estimate of drug-likeness (QED) is 0.583. The van der Waals surface area contributed by atoms with Crippen LogP contribution >= 0.6 is 0 Å². The molecule has 1 aliphatic heterocycles. The van der Waals surface area contributed by atoms with E-state index in [4.69, 9.17) is 4.42 Å². The third-order valence-electron chi connectivity index (χ3n) is 1.97. The van der Waals surface area contributed by atoms with Gasteiger partial charge < -0.3 is 9.73 Å². The summed E-state index contributed by atoms with van der Waals surface area (Å²) in [4.78, 5) is 0. The highest BCUT2D eigenvalue weighted by atomic mass is 16.3. The Morgan fingerprint density at radius 2 is 2.60 bits per heavy atom. The summed E-state index contributed by atoms with van der Waals surface area (Å²) in [6.45, 7) is 3.08. The summed E-state index contributed by atoms with van der Waals surface area (Å²) < 4.78 is 5.24. The molecule has 1 atom stereocenters. The van der Waals surface area contributed by atoms with Crippen molar-refractivity contribution in [3.8, 4) is 0 Å².